The van der Waals surface area contributed by atoms with Crippen molar-refractivity contribution in [3.05, 3.63) is 23.2 Å². The van der Waals surface area contributed by atoms with E-state index in [4.69, 9.17) is 17.3 Å². The Kier molecular flexibility index (Phi) is 6.31. The van der Waals surface area contributed by atoms with Crippen molar-refractivity contribution in [1.29, 1.82) is 0 Å². The SMILES string of the molecule is CCCC(C)NC(=O)CS(=O)c1ccc(N)cc1Cl. The minimum Gasteiger partial charge on any atom is -0.399 e. The zero-order chi connectivity index (χ0) is 14.4. The minimum atomic E-state index is -1.45. The third-order valence-electron chi connectivity index (χ3n) is 2.59. The molecule has 0 heterocycles. The quantitative estimate of drug-likeness (QED) is 0.792. The molecule has 0 aliphatic heterocycles. The standard InChI is InChI=1S/C13H19ClN2O2S/c1-3-4-9(2)16-13(17)8-19(18)12-6-5-10(15)7-11(12)14/h5-7,9H,3-4,8,15H2,1-2H3,(H,16,17). The lowest BCUT2D eigenvalue weighted by Crippen LogP contribution is -2.35. The van der Waals surface area contributed by atoms with Crippen molar-refractivity contribution in [2.75, 3.05) is 11.5 Å². The van der Waals surface area contributed by atoms with Crippen molar-refractivity contribution >= 4 is 34.0 Å². The van der Waals surface area contributed by atoms with Gasteiger partial charge in [0.05, 0.1) is 20.7 Å². The van der Waals surface area contributed by atoms with E-state index in [0.717, 1.165) is 12.8 Å². The van der Waals surface area contributed by atoms with Crippen LogP contribution >= 0.6 is 11.6 Å². The fourth-order valence-corrected chi connectivity index (χ4v) is 3.14. The molecule has 1 amide bonds. The molecule has 0 radical (unpaired) electrons. The van der Waals surface area contributed by atoms with Crippen LogP contribution in [0.15, 0.2) is 23.1 Å². The van der Waals surface area contributed by atoms with Crippen LogP contribution in [0, 0.1) is 0 Å². The van der Waals surface area contributed by atoms with Gasteiger partial charge in [-0.05, 0) is 31.5 Å². The molecule has 0 bridgehead atoms. The molecule has 3 N–H and O–H groups in total. The van der Waals surface area contributed by atoms with Gasteiger partial charge in [-0.25, -0.2) is 0 Å². The molecule has 0 aliphatic rings. The molecule has 0 saturated heterocycles. The smallest absolute Gasteiger partial charge is 0.233 e. The fourth-order valence-electron chi connectivity index (χ4n) is 1.72. The average Bonchev–Trinajstić information content (AvgIpc) is 2.28. The van der Waals surface area contributed by atoms with Crippen LogP contribution in [-0.4, -0.2) is 21.9 Å². The lowest BCUT2D eigenvalue weighted by atomic mass is 10.2. The average molecular weight is 303 g/mol. The summed E-state index contributed by atoms with van der Waals surface area (Å²) < 4.78 is 12.1. The highest BCUT2D eigenvalue weighted by Crippen LogP contribution is 2.22. The summed E-state index contributed by atoms with van der Waals surface area (Å²) in [7, 11) is -1.45. The normalized spacial score (nSPS) is 13.8. The van der Waals surface area contributed by atoms with Gasteiger partial charge in [0, 0.05) is 11.7 Å². The Morgan fingerprint density at radius 2 is 2.21 bits per heavy atom. The molecule has 0 saturated carbocycles. The Labute approximate surface area is 121 Å². The van der Waals surface area contributed by atoms with E-state index >= 15 is 0 Å². The Hall–Kier alpha value is -1.07. The Morgan fingerprint density at radius 3 is 2.79 bits per heavy atom. The van der Waals surface area contributed by atoms with Gasteiger partial charge in [0.25, 0.3) is 0 Å². The summed E-state index contributed by atoms with van der Waals surface area (Å²) in [5, 5.41) is 3.14. The molecule has 0 aliphatic carbocycles. The Morgan fingerprint density at radius 1 is 1.53 bits per heavy atom. The first-order chi connectivity index (χ1) is 8.93. The highest BCUT2D eigenvalue weighted by atomic mass is 35.5. The van der Waals surface area contributed by atoms with Crippen LogP contribution < -0.4 is 11.1 Å². The number of anilines is 1. The van der Waals surface area contributed by atoms with Crippen molar-refractivity contribution < 1.29 is 9.00 Å². The minimum absolute atomic E-state index is 0.0856. The third-order valence-corrected chi connectivity index (χ3v) is 4.39. The number of carbonyl (C=O) groups is 1. The second-order valence-electron chi connectivity index (χ2n) is 4.44. The maximum absolute atomic E-state index is 12.1. The van der Waals surface area contributed by atoms with Crippen molar-refractivity contribution in [2.45, 2.75) is 37.6 Å². The number of hydrogen-bond acceptors (Lipinski definition) is 3. The summed E-state index contributed by atoms with van der Waals surface area (Å²) in [5.74, 6) is -0.315. The molecule has 6 heteroatoms. The second kappa shape index (κ2) is 7.50. The number of amides is 1. The molecule has 1 aromatic carbocycles. The number of hydrogen-bond donors (Lipinski definition) is 2. The van der Waals surface area contributed by atoms with Gasteiger partial charge in [-0.15, -0.1) is 0 Å². The number of nitrogens with two attached hydrogens (primary N) is 1. The molecule has 1 rings (SSSR count). The van der Waals surface area contributed by atoms with Crippen molar-refractivity contribution in [3.63, 3.8) is 0 Å². The molecule has 0 fully saturated rings. The molecule has 4 nitrogen and oxygen atoms in total. The van der Waals surface area contributed by atoms with Crippen LogP contribution in [0.4, 0.5) is 5.69 Å². The summed E-state index contributed by atoms with van der Waals surface area (Å²) in [4.78, 5) is 12.2. The number of benzene rings is 1. The molecule has 0 spiro atoms. The van der Waals surface area contributed by atoms with Gasteiger partial charge < -0.3 is 11.1 Å². The van der Waals surface area contributed by atoms with Gasteiger partial charge in [-0.1, -0.05) is 24.9 Å². The predicted octanol–water partition coefficient (Wildman–Crippen LogP) is 2.33. The Balaban J connectivity index is 2.62. The summed E-state index contributed by atoms with van der Waals surface area (Å²) in [5.41, 5.74) is 6.07. The number of nitrogens with one attached hydrogen (secondary N) is 1. The van der Waals surface area contributed by atoms with E-state index in [1.54, 1.807) is 12.1 Å². The van der Waals surface area contributed by atoms with Crippen LogP contribution in [0.25, 0.3) is 0 Å². The second-order valence-corrected chi connectivity index (χ2v) is 6.26. The van der Waals surface area contributed by atoms with E-state index in [-0.39, 0.29) is 17.7 Å². The highest BCUT2D eigenvalue weighted by molar-refractivity contribution is 7.85. The summed E-state index contributed by atoms with van der Waals surface area (Å²) >= 11 is 5.96. The third kappa shape index (κ3) is 5.20. The highest BCUT2D eigenvalue weighted by Gasteiger charge is 2.14. The fraction of sp³-hybridized carbons (Fsp3) is 0.462. The van der Waals surface area contributed by atoms with Crippen LogP contribution in [0.3, 0.4) is 0 Å². The van der Waals surface area contributed by atoms with E-state index in [9.17, 15) is 9.00 Å². The Bertz CT molecular complexity index is 480. The molecule has 19 heavy (non-hydrogen) atoms. The predicted molar refractivity (Wildman–Crippen MR) is 79.7 cm³/mol. The maximum Gasteiger partial charge on any atom is 0.233 e. The first-order valence-electron chi connectivity index (χ1n) is 6.16. The van der Waals surface area contributed by atoms with Gasteiger partial charge in [-0.3, -0.25) is 9.00 Å². The summed E-state index contributed by atoms with van der Waals surface area (Å²) in [6.45, 7) is 3.98. The summed E-state index contributed by atoms with van der Waals surface area (Å²) in [6, 6.07) is 4.84. The van der Waals surface area contributed by atoms with Gasteiger partial charge in [-0.2, -0.15) is 0 Å². The van der Waals surface area contributed by atoms with Crippen LogP contribution in [0.1, 0.15) is 26.7 Å². The van der Waals surface area contributed by atoms with Gasteiger partial charge in [0.2, 0.25) is 5.91 Å². The largest absolute Gasteiger partial charge is 0.399 e. The van der Waals surface area contributed by atoms with E-state index in [1.165, 1.54) is 6.07 Å². The van der Waals surface area contributed by atoms with Gasteiger partial charge in [0.15, 0.2) is 0 Å². The van der Waals surface area contributed by atoms with Gasteiger partial charge in [0.1, 0.15) is 5.75 Å². The molecule has 0 aromatic heterocycles. The molecular weight excluding hydrogens is 284 g/mol. The topological polar surface area (TPSA) is 72.2 Å². The van der Waals surface area contributed by atoms with E-state index in [2.05, 4.69) is 12.2 Å². The number of rotatable bonds is 6. The first kappa shape index (κ1) is 16.0. The van der Waals surface area contributed by atoms with Gasteiger partial charge >= 0.3 is 0 Å². The zero-order valence-corrected chi connectivity index (χ0v) is 12.7. The lowest BCUT2D eigenvalue weighted by molar-refractivity contribution is -0.119. The molecular formula is C13H19ClN2O2S. The van der Waals surface area contributed by atoms with Crippen molar-refractivity contribution in [2.24, 2.45) is 0 Å². The first-order valence-corrected chi connectivity index (χ1v) is 7.86. The van der Waals surface area contributed by atoms with Crippen molar-refractivity contribution in [1.82, 2.24) is 5.32 Å². The summed E-state index contributed by atoms with van der Waals surface area (Å²) in [6.07, 6.45) is 1.90. The molecule has 106 valence electrons. The zero-order valence-electron chi connectivity index (χ0n) is 11.1. The maximum atomic E-state index is 12.1. The number of carbonyl (C=O) groups excluding carboxylic acids is 1. The van der Waals surface area contributed by atoms with E-state index in [1.807, 2.05) is 6.92 Å². The monoisotopic (exact) mass is 302 g/mol. The number of nitrogen functional groups attached to an aromatic ring is 1. The van der Waals surface area contributed by atoms with Crippen LogP contribution in [-0.2, 0) is 15.6 Å². The number of halogens is 1. The van der Waals surface area contributed by atoms with Crippen LogP contribution in [0.5, 0.6) is 0 Å². The van der Waals surface area contributed by atoms with Crippen LogP contribution in [0.2, 0.25) is 5.02 Å². The molecule has 2 unspecified atom stereocenters. The van der Waals surface area contributed by atoms with Crippen molar-refractivity contribution in [3.8, 4) is 0 Å². The molecule has 2 atom stereocenters. The van der Waals surface area contributed by atoms with E-state index in [0.29, 0.717) is 15.6 Å². The van der Waals surface area contributed by atoms with E-state index < -0.39 is 10.8 Å². The molecule has 1 aromatic rings. The lowest BCUT2D eigenvalue weighted by Gasteiger charge is -2.12.